The summed E-state index contributed by atoms with van der Waals surface area (Å²) < 4.78 is 0. The molecule has 3 aliphatic rings. The lowest BCUT2D eigenvalue weighted by atomic mass is 9.91. The molecule has 2 aromatic carbocycles. The van der Waals surface area contributed by atoms with Gasteiger partial charge in [0.05, 0.1) is 6.20 Å². The standard InChI is InChI=1S/C25H25Cl2N5/c1-31-8-7-20-17(14-31)11-19(12-21(20)15-2-3-15)29-25-28-13-22(27)24(30-25)32-9-6-16-10-18(26)4-5-23(16)32/h4-5,10-13,15H,2-3,6-9,14H2,1H3,(H,28,29,30). The third kappa shape index (κ3) is 3.72. The molecule has 2 aliphatic heterocycles. The zero-order valence-electron chi connectivity index (χ0n) is 18.0. The average molecular weight is 466 g/mol. The average Bonchev–Trinajstić information content (AvgIpc) is 3.54. The first kappa shape index (κ1) is 20.3. The van der Waals surface area contributed by atoms with Crippen LogP contribution in [-0.4, -0.2) is 35.0 Å². The van der Waals surface area contributed by atoms with Gasteiger partial charge in [-0.05, 0) is 91.2 Å². The number of rotatable bonds is 4. The molecule has 1 N–H and O–H groups in total. The SMILES string of the molecule is CN1CCc2c(cc(Nc3ncc(Cl)c(N4CCc5cc(Cl)ccc54)n3)cc2C2CC2)C1. The van der Waals surface area contributed by atoms with Gasteiger partial charge in [-0.1, -0.05) is 23.2 Å². The predicted molar refractivity (Wildman–Crippen MR) is 131 cm³/mol. The van der Waals surface area contributed by atoms with Crippen molar-refractivity contribution in [3.05, 3.63) is 68.8 Å². The van der Waals surface area contributed by atoms with Gasteiger partial charge in [0.15, 0.2) is 5.82 Å². The van der Waals surface area contributed by atoms with Crippen molar-refractivity contribution >= 4 is 46.3 Å². The van der Waals surface area contributed by atoms with E-state index < -0.39 is 0 Å². The van der Waals surface area contributed by atoms with Crippen LogP contribution in [0.5, 0.6) is 0 Å². The van der Waals surface area contributed by atoms with Crippen LogP contribution in [0.1, 0.15) is 41.0 Å². The number of aromatic nitrogens is 2. The Balaban J connectivity index is 1.33. The van der Waals surface area contributed by atoms with E-state index in [4.69, 9.17) is 28.2 Å². The molecule has 32 heavy (non-hydrogen) atoms. The molecular formula is C25H25Cl2N5. The van der Waals surface area contributed by atoms with Gasteiger partial charge < -0.3 is 15.1 Å². The molecular weight excluding hydrogens is 441 g/mol. The Labute approximate surface area is 198 Å². The minimum Gasteiger partial charge on any atom is -0.324 e. The highest BCUT2D eigenvalue weighted by molar-refractivity contribution is 6.33. The van der Waals surface area contributed by atoms with Crippen LogP contribution in [0.4, 0.5) is 23.1 Å². The van der Waals surface area contributed by atoms with Crippen LogP contribution in [-0.2, 0) is 19.4 Å². The number of likely N-dealkylation sites (N-methyl/N-ethyl adjacent to an activating group) is 1. The molecule has 0 atom stereocenters. The number of benzene rings is 2. The van der Waals surface area contributed by atoms with Crippen LogP contribution in [0.25, 0.3) is 0 Å². The van der Waals surface area contributed by atoms with E-state index in [2.05, 4.69) is 39.3 Å². The zero-order valence-corrected chi connectivity index (χ0v) is 19.5. The van der Waals surface area contributed by atoms with Gasteiger partial charge in [0.1, 0.15) is 5.02 Å². The third-order valence-corrected chi connectivity index (χ3v) is 7.25. The van der Waals surface area contributed by atoms with Gasteiger partial charge in [0.2, 0.25) is 5.95 Å². The van der Waals surface area contributed by atoms with E-state index in [0.717, 1.165) is 54.7 Å². The molecule has 0 saturated heterocycles. The first-order valence-corrected chi connectivity index (χ1v) is 12.0. The minimum atomic E-state index is 0.545. The van der Waals surface area contributed by atoms with Crippen molar-refractivity contribution in [3.8, 4) is 0 Å². The highest BCUT2D eigenvalue weighted by atomic mass is 35.5. The minimum absolute atomic E-state index is 0.545. The van der Waals surface area contributed by atoms with Crippen LogP contribution in [0, 0.1) is 0 Å². The lowest BCUT2D eigenvalue weighted by Gasteiger charge is -2.28. The van der Waals surface area contributed by atoms with E-state index in [1.165, 1.54) is 29.5 Å². The number of nitrogens with one attached hydrogen (secondary N) is 1. The Morgan fingerprint density at radius 1 is 1.03 bits per heavy atom. The summed E-state index contributed by atoms with van der Waals surface area (Å²) in [6, 6.07) is 10.6. The summed E-state index contributed by atoms with van der Waals surface area (Å²) in [7, 11) is 2.19. The molecule has 0 unspecified atom stereocenters. The Hall–Kier alpha value is -2.34. The fraction of sp³-hybridized carbons (Fsp3) is 0.360. The van der Waals surface area contributed by atoms with Crippen molar-refractivity contribution in [2.75, 3.05) is 30.4 Å². The first-order valence-electron chi connectivity index (χ1n) is 11.2. The molecule has 6 rings (SSSR count). The van der Waals surface area contributed by atoms with E-state index in [1.807, 2.05) is 18.2 Å². The van der Waals surface area contributed by atoms with Crippen LogP contribution >= 0.6 is 23.2 Å². The molecule has 0 bridgehead atoms. The lowest BCUT2D eigenvalue weighted by molar-refractivity contribution is 0.312. The Kier molecular flexibility index (Phi) is 5.01. The molecule has 3 aromatic rings. The molecule has 164 valence electrons. The zero-order chi connectivity index (χ0) is 21.8. The second-order valence-corrected chi connectivity index (χ2v) is 9.97. The summed E-state index contributed by atoms with van der Waals surface area (Å²) in [5.74, 6) is 2.01. The molecule has 1 aromatic heterocycles. The van der Waals surface area contributed by atoms with Gasteiger partial charge in [0.25, 0.3) is 0 Å². The van der Waals surface area contributed by atoms with Crippen molar-refractivity contribution in [1.82, 2.24) is 14.9 Å². The Bertz CT molecular complexity index is 1210. The number of anilines is 4. The van der Waals surface area contributed by atoms with Crippen molar-refractivity contribution < 1.29 is 0 Å². The van der Waals surface area contributed by atoms with Crippen molar-refractivity contribution in [3.63, 3.8) is 0 Å². The quantitative estimate of drug-likeness (QED) is 0.505. The summed E-state index contributed by atoms with van der Waals surface area (Å²) in [6.45, 7) is 2.94. The van der Waals surface area contributed by atoms with E-state index in [-0.39, 0.29) is 0 Å². The lowest BCUT2D eigenvalue weighted by Crippen LogP contribution is -2.27. The van der Waals surface area contributed by atoms with Gasteiger partial charge >= 0.3 is 0 Å². The predicted octanol–water partition coefficient (Wildman–Crippen LogP) is 6.09. The third-order valence-electron chi connectivity index (χ3n) is 6.75. The number of hydrogen-bond donors (Lipinski definition) is 1. The molecule has 1 saturated carbocycles. The molecule has 0 amide bonds. The van der Waals surface area contributed by atoms with Gasteiger partial charge in [0, 0.05) is 36.0 Å². The number of nitrogens with zero attached hydrogens (tertiary/aromatic N) is 4. The normalized spacial score (nSPS) is 17.9. The van der Waals surface area contributed by atoms with E-state index in [9.17, 15) is 0 Å². The van der Waals surface area contributed by atoms with Crippen LogP contribution in [0.3, 0.4) is 0 Å². The molecule has 5 nitrogen and oxygen atoms in total. The van der Waals surface area contributed by atoms with E-state index in [1.54, 1.807) is 11.8 Å². The number of fused-ring (bicyclic) bond motifs is 2. The van der Waals surface area contributed by atoms with Gasteiger partial charge in [-0.3, -0.25) is 0 Å². The largest absolute Gasteiger partial charge is 0.324 e. The van der Waals surface area contributed by atoms with Crippen LogP contribution in [0.15, 0.2) is 36.5 Å². The molecule has 1 aliphatic carbocycles. The van der Waals surface area contributed by atoms with Gasteiger partial charge in [-0.15, -0.1) is 0 Å². The van der Waals surface area contributed by atoms with Crippen molar-refractivity contribution in [2.45, 2.75) is 38.1 Å². The van der Waals surface area contributed by atoms with Crippen LogP contribution in [0.2, 0.25) is 10.0 Å². The number of hydrogen-bond acceptors (Lipinski definition) is 5. The summed E-state index contributed by atoms with van der Waals surface area (Å²) in [4.78, 5) is 13.8. The maximum atomic E-state index is 6.54. The summed E-state index contributed by atoms with van der Waals surface area (Å²) in [5, 5.41) is 4.77. The Morgan fingerprint density at radius 3 is 2.75 bits per heavy atom. The maximum absolute atomic E-state index is 6.54. The smallest absolute Gasteiger partial charge is 0.229 e. The summed E-state index contributed by atoms with van der Waals surface area (Å²) in [6.07, 6.45) is 6.34. The van der Waals surface area contributed by atoms with Gasteiger partial charge in [-0.25, -0.2) is 4.98 Å². The summed E-state index contributed by atoms with van der Waals surface area (Å²) >= 11 is 12.7. The van der Waals surface area contributed by atoms with Gasteiger partial charge in [-0.2, -0.15) is 4.98 Å². The van der Waals surface area contributed by atoms with E-state index in [0.29, 0.717) is 16.9 Å². The van der Waals surface area contributed by atoms with E-state index >= 15 is 0 Å². The van der Waals surface area contributed by atoms with Crippen molar-refractivity contribution in [2.24, 2.45) is 0 Å². The highest BCUT2D eigenvalue weighted by Crippen LogP contribution is 2.45. The topological polar surface area (TPSA) is 44.3 Å². The maximum Gasteiger partial charge on any atom is 0.229 e. The second-order valence-electron chi connectivity index (χ2n) is 9.13. The fourth-order valence-electron chi connectivity index (χ4n) is 5.03. The fourth-order valence-corrected chi connectivity index (χ4v) is 5.42. The second kappa shape index (κ2) is 7.91. The van der Waals surface area contributed by atoms with Crippen molar-refractivity contribution in [1.29, 1.82) is 0 Å². The molecule has 7 heteroatoms. The van der Waals surface area contributed by atoms with Crippen LogP contribution < -0.4 is 10.2 Å². The molecule has 3 heterocycles. The Morgan fingerprint density at radius 2 is 1.91 bits per heavy atom. The highest BCUT2D eigenvalue weighted by Gasteiger charge is 2.29. The molecule has 1 fully saturated rings. The molecule has 0 spiro atoms. The molecule has 0 radical (unpaired) electrons. The summed E-state index contributed by atoms with van der Waals surface area (Å²) in [5.41, 5.74) is 7.87. The first-order chi connectivity index (χ1) is 15.5. The monoisotopic (exact) mass is 465 g/mol. The number of halogens is 2.